The number of anilines is 1. The molecule has 0 spiro atoms. The van der Waals surface area contributed by atoms with Crippen LogP contribution < -0.4 is 19.7 Å². The standard InChI is InChI=1S/C19H26NO5P/c1-6-25-26(22,16-10-7-14(8-11-16)20(2)3)19(21)17-12-9-15(23-4)13-18(17)24-5/h7-13,19,21H,6H2,1-5H3. The molecular formula is C19H26NO5P. The lowest BCUT2D eigenvalue weighted by atomic mass is 10.2. The van der Waals surface area contributed by atoms with E-state index in [0.717, 1.165) is 5.69 Å². The van der Waals surface area contributed by atoms with Gasteiger partial charge in [-0.05, 0) is 43.3 Å². The summed E-state index contributed by atoms with van der Waals surface area (Å²) in [6, 6.07) is 12.1. The molecule has 0 aliphatic heterocycles. The number of hydrogen-bond acceptors (Lipinski definition) is 6. The van der Waals surface area contributed by atoms with Crippen LogP contribution in [-0.2, 0) is 9.09 Å². The Morgan fingerprint density at radius 2 is 1.73 bits per heavy atom. The van der Waals surface area contributed by atoms with Crippen molar-refractivity contribution in [3.8, 4) is 11.5 Å². The second-order valence-corrected chi connectivity index (χ2v) is 8.36. The lowest BCUT2D eigenvalue weighted by Gasteiger charge is -2.25. The zero-order chi connectivity index (χ0) is 19.3. The Hall–Kier alpha value is -2.01. The molecule has 2 rings (SSSR count). The molecule has 6 nitrogen and oxygen atoms in total. The third kappa shape index (κ3) is 4.04. The van der Waals surface area contributed by atoms with Crippen molar-refractivity contribution in [1.82, 2.24) is 0 Å². The molecule has 0 aliphatic rings. The molecule has 0 saturated heterocycles. The fraction of sp³-hybridized carbons (Fsp3) is 0.368. The summed E-state index contributed by atoms with van der Waals surface area (Å²) in [5.74, 6) is -0.380. The minimum atomic E-state index is -3.58. The maximum atomic E-state index is 13.6. The number of rotatable bonds is 8. The molecule has 0 fully saturated rings. The first-order chi connectivity index (χ1) is 12.4. The van der Waals surface area contributed by atoms with Crippen molar-refractivity contribution >= 4 is 18.4 Å². The van der Waals surface area contributed by atoms with E-state index in [4.69, 9.17) is 14.0 Å². The molecular weight excluding hydrogens is 353 g/mol. The van der Waals surface area contributed by atoms with Crippen LogP contribution in [-0.4, -0.2) is 40.0 Å². The molecule has 7 heteroatoms. The van der Waals surface area contributed by atoms with Crippen LogP contribution in [0.2, 0.25) is 0 Å². The van der Waals surface area contributed by atoms with Crippen LogP contribution in [0.5, 0.6) is 11.5 Å². The second kappa shape index (κ2) is 8.58. The molecule has 0 saturated carbocycles. The Labute approximate surface area is 154 Å². The lowest BCUT2D eigenvalue weighted by molar-refractivity contribution is 0.214. The van der Waals surface area contributed by atoms with Crippen molar-refractivity contribution in [3.05, 3.63) is 48.0 Å². The number of methoxy groups -OCH3 is 2. The van der Waals surface area contributed by atoms with Gasteiger partial charge in [-0.3, -0.25) is 4.57 Å². The number of aliphatic hydroxyl groups is 1. The maximum absolute atomic E-state index is 13.6. The molecule has 0 amide bonds. The van der Waals surface area contributed by atoms with Crippen LogP contribution in [0, 0.1) is 0 Å². The molecule has 142 valence electrons. The van der Waals surface area contributed by atoms with Crippen LogP contribution in [0.25, 0.3) is 0 Å². The predicted octanol–water partition coefficient (Wildman–Crippen LogP) is 3.40. The molecule has 26 heavy (non-hydrogen) atoms. The first-order valence-corrected chi connectivity index (χ1v) is 9.99. The Morgan fingerprint density at radius 3 is 2.23 bits per heavy atom. The Balaban J connectivity index is 2.49. The van der Waals surface area contributed by atoms with Gasteiger partial charge in [0.25, 0.3) is 7.37 Å². The zero-order valence-electron chi connectivity index (χ0n) is 15.8. The van der Waals surface area contributed by atoms with Crippen molar-refractivity contribution in [1.29, 1.82) is 0 Å². The van der Waals surface area contributed by atoms with E-state index < -0.39 is 13.2 Å². The van der Waals surface area contributed by atoms with E-state index in [-0.39, 0.29) is 6.61 Å². The highest BCUT2D eigenvalue weighted by molar-refractivity contribution is 7.67. The number of nitrogens with zero attached hydrogens (tertiary/aromatic N) is 1. The van der Waals surface area contributed by atoms with Gasteiger partial charge in [-0.15, -0.1) is 0 Å². The van der Waals surface area contributed by atoms with Crippen molar-refractivity contribution in [2.45, 2.75) is 12.8 Å². The van der Waals surface area contributed by atoms with E-state index in [9.17, 15) is 9.67 Å². The maximum Gasteiger partial charge on any atom is 0.264 e. The molecule has 0 heterocycles. The molecule has 0 radical (unpaired) electrons. The van der Waals surface area contributed by atoms with Gasteiger partial charge in [0.05, 0.1) is 20.8 Å². The molecule has 0 aromatic heterocycles. The van der Waals surface area contributed by atoms with Gasteiger partial charge in [-0.1, -0.05) is 0 Å². The Kier molecular flexibility index (Phi) is 6.70. The number of hydrogen-bond donors (Lipinski definition) is 1. The molecule has 2 aromatic carbocycles. The SMILES string of the molecule is CCOP(=O)(c1ccc(N(C)C)cc1)C(O)c1ccc(OC)cc1OC. The highest BCUT2D eigenvalue weighted by atomic mass is 31.2. The average Bonchev–Trinajstić information content (AvgIpc) is 2.66. The minimum absolute atomic E-state index is 0.211. The van der Waals surface area contributed by atoms with E-state index in [2.05, 4.69) is 0 Å². The molecule has 1 N–H and O–H groups in total. The largest absolute Gasteiger partial charge is 0.497 e. The smallest absolute Gasteiger partial charge is 0.264 e. The van der Waals surface area contributed by atoms with Crippen LogP contribution in [0.3, 0.4) is 0 Å². The van der Waals surface area contributed by atoms with Gasteiger partial charge < -0.3 is 24.0 Å². The average molecular weight is 379 g/mol. The Morgan fingerprint density at radius 1 is 1.08 bits per heavy atom. The summed E-state index contributed by atoms with van der Waals surface area (Å²) in [5, 5.41) is 11.4. The first-order valence-electron chi connectivity index (χ1n) is 8.29. The summed E-state index contributed by atoms with van der Waals surface area (Å²) in [7, 11) is 3.30. The van der Waals surface area contributed by atoms with Crippen LogP contribution in [0.4, 0.5) is 5.69 Å². The Bertz CT molecular complexity index is 776. The normalized spacial score (nSPS) is 14.4. The van der Waals surface area contributed by atoms with E-state index in [0.29, 0.717) is 22.4 Å². The summed E-state index contributed by atoms with van der Waals surface area (Å²) >= 11 is 0. The van der Waals surface area contributed by atoms with Crippen LogP contribution >= 0.6 is 7.37 Å². The van der Waals surface area contributed by atoms with Gasteiger partial charge in [0.2, 0.25) is 0 Å². The third-order valence-electron chi connectivity index (χ3n) is 4.09. The van der Waals surface area contributed by atoms with Gasteiger partial charge in [-0.2, -0.15) is 0 Å². The highest BCUT2D eigenvalue weighted by Crippen LogP contribution is 2.59. The van der Waals surface area contributed by atoms with Gasteiger partial charge in [-0.25, -0.2) is 0 Å². The molecule has 0 aliphatic carbocycles. The van der Waals surface area contributed by atoms with Gasteiger partial charge in [0.15, 0.2) is 5.85 Å². The molecule has 0 bridgehead atoms. The molecule has 2 aromatic rings. The minimum Gasteiger partial charge on any atom is -0.497 e. The monoisotopic (exact) mass is 379 g/mol. The number of ether oxygens (including phenoxy) is 2. The highest BCUT2D eigenvalue weighted by Gasteiger charge is 2.37. The van der Waals surface area contributed by atoms with Crippen molar-refractivity contribution in [2.75, 3.05) is 39.8 Å². The quantitative estimate of drug-likeness (QED) is 0.709. The van der Waals surface area contributed by atoms with Gasteiger partial charge in [0, 0.05) is 36.7 Å². The van der Waals surface area contributed by atoms with E-state index >= 15 is 0 Å². The van der Waals surface area contributed by atoms with Crippen LogP contribution in [0.1, 0.15) is 18.3 Å². The zero-order valence-corrected chi connectivity index (χ0v) is 16.7. The number of aliphatic hydroxyl groups excluding tert-OH is 1. The van der Waals surface area contributed by atoms with Crippen molar-refractivity contribution in [2.24, 2.45) is 0 Å². The lowest BCUT2D eigenvalue weighted by Crippen LogP contribution is -2.16. The summed E-state index contributed by atoms with van der Waals surface area (Å²) in [4.78, 5) is 1.94. The molecule has 2 atom stereocenters. The summed E-state index contributed by atoms with van der Waals surface area (Å²) in [5.41, 5.74) is 1.36. The topological polar surface area (TPSA) is 68.2 Å². The first kappa shape index (κ1) is 20.3. The summed E-state index contributed by atoms with van der Waals surface area (Å²) < 4.78 is 29.8. The van der Waals surface area contributed by atoms with Crippen molar-refractivity contribution < 1.29 is 23.7 Å². The fourth-order valence-electron chi connectivity index (χ4n) is 2.65. The van der Waals surface area contributed by atoms with E-state index in [1.165, 1.54) is 7.11 Å². The summed E-state index contributed by atoms with van der Waals surface area (Å²) in [6.45, 7) is 1.96. The van der Waals surface area contributed by atoms with E-state index in [1.54, 1.807) is 44.4 Å². The van der Waals surface area contributed by atoms with Crippen LogP contribution in [0.15, 0.2) is 42.5 Å². The van der Waals surface area contributed by atoms with Gasteiger partial charge in [0.1, 0.15) is 11.5 Å². The number of benzene rings is 2. The second-order valence-electron chi connectivity index (χ2n) is 5.91. The van der Waals surface area contributed by atoms with Gasteiger partial charge >= 0.3 is 0 Å². The van der Waals surface area contributed by atoms with E-state index in [1.807, 2.05) is 31.1 Å². The molecule has 2 unspecified atom stereocenters. The predicted molar refractivity (Wildman–Crippen MR) is 104 cm³/mol. The third-order valence-corrected chi connectivity index (χ3v) is 6.67. The summed E-state index contributed by atoms with van der Waals surface area (Å²) in [6.07, 6.45) is 0. The fourth-order valence-corrected chi connectivity index (χ4v) is 4.75. The van der Waals surface area contributed by atoms with Crippen molar-refractivity contribution in [3.63, 3.8) is 0 Å².